The standard InChI is InChI=1S/C13H14O7S/c1-8-3-5-10(6-4-8)21(18,19)20-11(13(16)17)7-9(2)12(14)15/h3-6,11H,2,7H2,1H3,(H,14,15)(H,16,17)/t11-/m0/s1. The van der Waals surface area contributed by atoms with E-state index in [0.29, 0.717) is 0 Å². The Morgan fingerprint density at radius 2 is 1.76 bits per heavy atom. The molecule has 0 spiro atoms. The minimum absolute atomic E-state index is 0.208. The third-order valence-electron chi connectivity index (χ3n) is 2.56. The molecule has 0 aliphatic carbocycles. The lowest BCUT2D eigenvalue weighted by molar-refractivity contribution is -0.145. The van der Waals surface area contributed by atoms with Gasteiger partial charge >= 0.3 is 11.9 Å². The average Bonchev–Trinajstić information content (AvgIpc) is 2.37. The zero-order chi connectivity index (χ0) is 16.2. The Morgan fingerprint density at radius 3 is 2.19 bits per heavy atom. The molecule has 0 heterocycles. The first-order valence-corrected chi connectivity index (χ1v) is 7.18. The molecule has 0 radical (unpaired) electrons. The number of benzene rings is 1. The minimum atomic E-state index is -4.31. The van der Waals surface area contributed by atoms with Gasteiger partial charge in [-0.2, -0.15) is 8.42 Å². The van der Waals surface area contributed by atoms with Crippen LogP contribution in [-0.2, 0) is 23.9 Å². The molecule has 1 aromatic rings. The Kier molecular flexibility index (Phi) is 5.23. The molecular formula is C13H14O7S. The Hall–Kier alpha value is -2.19. The zero-order valence-corrected chi connectivity index (χ0v) is 12.0. The van der Waals surface area contributed by atoms with Crippen LogP contribution in [0.3, 0.4) is 0 Å². The highest BCUT2D eigenvalue weighted by molar-refractivity contribution is 7.86. The number of carbonyl (C=O) groups is 2. The van der Waals surface area contributed by atoms with Crippen LogP contribution in [0.15, 0.2) is 41.3 Å². The average molecular weight is 314 g/mol. The monoisotopic (exact) mass is 314 g/mol. The van der Waals surface area contributed by atoms with Gasteiger partial charge in [0.1, 0.15) is 0 Å². The molecule has 0 amide bonds. The van der Waals surface area contributed by atoms with E-state index in [0.717, 1.165) is 5.56 Å². The van der Waals surface area contributed by atoms with E-state index < -0.39 is 40.2 Å². The molecule has 1 rings (SSSR count). The van der Waals surface area contributed by atoms with Crippen LogP contribution in [0.25, 0.3) is 0 Å². The maximum Gasteiger partial charge on any atom is 0.334 e. The molecule has 7 nitrogen and oxygen atoms in total. The predicted molar refractivity (Wildman–Crippen MR) is 72.3 cm³/mol. The van der Waals surface area contributed by atoms with E-state index in [9.17, 15) is 18.0 Å². The van der Waals surface area contributed by atoms with Crippen LogP contribution in [0.5, 0.6) is 0 Å². The van der Waals surface area contributed by atoms with Crippen molar-refractivity contribution in [3.63, 3.8) is 0 Å². The van der Waals surface area contributed by atoms with Gasteiger partial charge in [-0.3, -0.25) is 4.18 Å². The first kappa shape index (κ1) is 16.9. The van der Waals surface area contributed by atoms with Crippen LogP contribution < -0.4 is 0 Å². The van der Waals surface area contributed by atoms with Crippen molar-refractivity contribution >= 4 is 22.1 Å². The molecule has 0 aromatic heterocycles. The molecule has 0 saturated carbocycles. The Labute approximate surface area is 121 Å². The fourth-order valence-corrected chi connectivity index (χ4v) is 2.42. The fourth-order valence-electron chi connectivity index (χ4n) is 1.39. The second-order valence-electron chi connectivity index (χ2n) is 4.30. The number of hydrogen-bond donors (Lipinski definition) is 2. The van der Waals surface area contributed by atoms with Gasteiger partial charge in [0.05, 0.1) is 4.90 Å². The molecule has 8 heteroatoms. The van der Waals surface area contributed by atoms with Crippen LogP contribution in [0, 0.1) is 6.92 Å². The number of aliphatic carboxylic acids is 2. The number of aryl methyl sites for hydroxylation is 1. The van der Waals surface area contributed by atoms with Crippen LogP contribution in [0.1, 0.15) is 12.0 Å². The van der Waals surface area contributed by atoms with Gasteiger partial charge in [0.15, 0.2) is 6.10 Å². The molecule has 0 bridgehead atoms. The number of rotatable bonds is 7. The smallest absolute Gasteiger partial charge is 0.334 e. The molecule has 0 aliphatic rings. The van der Waals surface area contributed by atoms with E-state index in [1.807, 2.05) is 0 Å². The summed E-state index contributed by atoms with van der Waals surface area (Å²) >= 11 is 0. The van der Waals surface area contributed by atoms with E-state index in [2.05, 4.69) is 10.8 Å². The lowest BCUT2D eigenvalue weighted by atomic mass is 10.1. The van der Waals surface area contributed by atoms with Crippen LogP contribution in [0.4, 0.5) is 0 Å². The Morgan fingerprint density at radius 1 is 1.24 bits per heavy atom. The summed E-state index contributed by atoms with van der Waals surface area (Å²) in [7, 11) is -4.31. The second kappa shape index (κ2) is 6.51. The maximum atomic E-state index is 11.9. The quantitative estimate of drug-likeness (QED) is 0.573. The van der Waals surface area contributed by atoms with Crippen molar-refractivity contribution in [3.05, 3.63) is 42.0 Å². The highest BCUT2D eigenvalue weighted by Crippen LogP contribution is 2.18. The SMILES string of the molecule is C=C(C[C@H](OS(=O)(=O)c1ccc(C)cc1)C(=O)O)C(=O)O. The minimum Gasteiger partial charge on any atom is -0.479 e. The van der Waals surface area contributed by atoms with Gasteiger partial charge in [-0.1, -0.05) is 24.3 Å². The van der Waals surface area contributed by atoms with Crippen molar-refractivity contribution in [2.75, 3.05) is 0 Å². The highest BCUT2D eigenvalue weighted by Gasteiger charge is 2.29. The summed E-state index contributed by atoms with van der Waals surface area (Å²) in [6.07, 6.45) is -2.49. The fraction of sp³-hybridized carbons (Fsp3) is 0.231. The molecule has 2 N–H and O–H groups in total. The lowest BCUT2D eigenvalue weighted by Gasteiger charge is -2.13. The molecule has 0 unspecified atom stereocenters. The third kappa shape index (κ3) is 4.69. The van der Waals surface area contributed by atoms with Crippen LogP contribution in [-0.4, -0.2) is 36.7 Å². The van der Waals surface area contributed by atoms with Crippen LogP contribution in [0.2, 0.25) is 0 Å². The summed E-state index contributed by atoms with van der Waals surface area (Å²) in [4.78, 5) is 21.4. The molecule has 21 heavy (non-hydrogen) atoms. The van der Waals surface area contributed by atoms with E-state index in [4.69, 9.17) is 10.2 Å². The van der Waals surface area contributed by atoms with Gasteiger partial charge in [-0.05, 0) is 19.1 Å². The predicted octanol–water partition coefficient (Wildman–Crippen LogP) is 1.18. The van der Waals surface area contributed by atoms with E-state index in [1.54, 1.807) is 6.92 Å². The largest absolute Gasteiger partial charge is 0.479 e. The maximum absolute atomic E-state index is 11.9. The van der Waals surface area contributed by atoms with Gasteiger partial charge in [-0.25, -0.2) is 9.59 Å². The van der Waals surface area contributed by atoms with E-state index in [-0.39, 0.29) is 4.90 Å². The van der Waals surface area contributed by atoms with E-state index in [1.165, 1.54) is 24.3 Å². The Balaban J connectivity index is 2.97. The summed E-state index contributed by atoms with van der Waals surface area (Å²) in [5.74, 6) is -3.01. The van der Waals surface area contributed by atoms with Crippen molar-refractivity contribution in [1.82, 2.24) is 0 Å². The topological polar surface area (TPSA) is 118 Å². The first-order valence-electron chi connectivity index (χ1n) is 5.77. The van der Waals surface area contributed by atoms with Crippen molar-refractivity contribution in [1.29, 1.82) is 0 Å². The molecule has 1 aromatic carbocycles. The zero-order valence-electron chi connectivity index (χ0n) is 11.1. The normalized spacial score (nSPS) is 12.6. The number of hydrogen-bond acceptors (Lipinski definition) is 5. The summed E-state index contributed by atoms with van der Waals surface area (Å²) in [6.45, 7) is 4.91. The van der Waals surface area contributed by atoms with Crippen molar-refractivity contribution in [2.45, 2.75) is 24.3 Å². The Bertz CT molecular complexity index is 658. The summed E-state index contributed by atoms with van der Waals surface area (Å²) in [5, 5.41) is 17.6. The molecule has 0 saturated heterocycles. The van der Waals surface area contributed by atoms with Gasteiger partial charge in [-0.15, -0.1) is 0 Å². The highest BCUT2D eigenvalue weighted by atomic mass is 32.2. The molecule has 0 aliphatic heterocycles. The van der Waals surface area contributed by atoms with Crippen molar-refractivity contribution in [3.8, 4) is 0 Å². The van der Waals surface area contributed by atoms with Gasteiger partial charge in [0, 0.05) is 12.0 Å². The second-order valence-corrected chi connectivity index (χ2v) is 5.88. The molecular weight excluding hydrogens is 300 g/mol. The van der Waals surface area contributed by atoms with E-state index >= 15 is 0 Å². The van der Waals surface area contributed by atoms with Crippen molar-refractivity contribution in [2.24, 2.45) is 0 Å². The number of carboxylic acid groups (broad SMARTS) is 2. The van der Waals surface area contributed by atoms with Gasteiger partial charge in [0.25, 0.3) is 10.1 Å². The molecule has 114 valence electrons. The first-order chi connectivity index (χ1) is 9.63. The van der Waals surface area contributed by atoms with Crippen LogP contribution >= 0.6 is 0 Å². The molecule has 1 atom stereocenters. The summed E-state index contributed by atoms with van der Waals surface area (Å²) in [5.41, 5.74) is 0.365. The molecule has 0 fully saturated rings. The summed E-state index contributed by atoms with van der Waals surface area (Å²) in [6, 6.07) is 5.61. The summed E-state index contributed by atoms with van der Waals surface area (Å²) < 4.78 is 28.5. The third-order valence-corrected chi connectivity index (χ3v) is 3.90. The van der Waals surface area contributed by atoms with Gasteiger partial charge in [0.2, 0.25) is 0 Å². The van der Waals surface area contributed by atoms with Gasteiger partial charge < -0.3 is 10.2 Å². The van der Waals surface area contributed by atoms with Crippen molar-refractivity contribution < 1.29 is 32.4 Å². The lowest BCUT2D eigenvalue weighted by Crippen LogP contribution is -2.28. The number of carboxylic acids is 2.